The normalized spacial score (nSPS) is 10.3. The largest absolute Gasteiger partial charge is 0.465 e. The van der Waals surface area contributed by atoms with Crippen LogP contribution in [0.4, 0.5) is 10.2 Å². The number of hydrogen-bond acceptors (Lipinski definition) is 4. The van der Waals surface area contributed by atoms with Gasteiger partial charge >= 0.3 is 5.97 Å². The van der Waals surface area contributed by atoms with E-state index >= 15 is 0 Å². The molecule has 6 heteroatoms. The van der Waals surface area contributed by atoms with Crippen molar-refractivity contribution in [3.63, 3.8) is 0 Å². The van der Waals surface area contributed by atoms with Crippen molar-refractivity contribution in [3.05, 3.63) is 57.4 Å². The Bertz CT molecular complexity index is 677. The molecule has 1 N–H and O–H groups in total. The maximum absolute atomic E-state index is 13.2. The Morgan fingerprint density at radius 1 is 1.38 bits per heavy atom. The molecule has 0 spiro atoms. The van der Waals surface area contributed by atoms with Gasteiger partial charge in [-0.25, -0.2) is 14.2 Å². The van der Waals surface area contributed by atoms with Crippen LogP contribution in [0.25, 0.3) is 0 Å². The molecule has 0 aliphatic heterocycles. The Labute approximate surface area is 130 Å². The van der Waals surface area contributed by atoms with Gasteiger partial charge in [-0.3, -0.25) is 0 Å². The molecule has 0 saturated heterocycles. The van der Waals surface area contributed by atoms with E-state index in [1.807, 2.05) is 0 Å². The van der Waals surface area contributed by atoms with Crippen molar-refractivity contribution in [3.8, 4) is 0 Å². The monoisotopic (exact) mass is 352 g/mol. The van der Waals surface area contributed by atoms with Crippen LogP contribution < -0.4 is 5.32 Å². The molecule has 0 atom stereocenters. The predicted octanol–water partition coefficient (Wildman–Crippen LogP) is 3.69. The van der Waals surface area contributed by atoms with Crippen molar-refractivity contribution in [1.29, 1.82) is 0 Å². The average molecular weight is 353 g/mol. The fourth-order valence-corrected chi connectivity index (χ4v) is 2.24. The second-order valence-corrected chi connectivity index (χ2v) is 5.26. The first-order chi connectivity index (χ1) is 10.0. The molecule has 0 amide bonds. The van der Waals surface area contributed by atoms with Crippen molar-refractivity contribution >= 4 is 27.7 Å². The molecule has 4 nitrogen and oxygen atoms in total. The zero-order valence-corrected chi connectivity index (χ0v) is 13.2. The van der Waals surface area contributed by atoms with Crippen LogP contribution in [0, 0.1) is 12.7 Å². The number of methoxy groups -OCH3 is 1. The number of anilines is 1. The van der Waals surface area contributed by atoms with Gasteiger partial charge in [0.05, 0.1) is 18.4 Å². The molecule has 2 aromatic rings. The Morgan fingerprint density at radius 3 is 2.81 bits per heavy atom. The van der Waals surface area contributed by atoms with Crippen LogP contribution in [0.5, 0.6) is 0 Å². The SMILES string of the molecule is COC(=O)c1ccc(NCc2cc(F)ccc2Br)nc1C. The van der Waals surface area contributed by atoms with Crippen molar-refractivity contribution in [2.45, 2.75) is 13.5 Å². The van der Waals surface area contributed by atoms with Gasteiger partial charge in [0.15, 0.2) is 0 Å². The smallest absolute Gasteiger partial charge is 0.339 e. The summed E-state index contributed by atoms with van der Waals surface area (Å²) in [6.07, 6.45) is 0. The van der Waals surface area contributed by atoms with E-state index in [4.69, 9.17) is 0 Å². The van der Waals surface area contributed by atoms with Gasteiger partial charge < -0.3 is 10.1 Å². The van der Waals surface area contributed by atoms with E-state index in [2.05, 4.69) is 31.0 Å². The number of benzene rings is 1. The summed E-state index contributed by atoms with van der Waals surface area (Å²) in [5.74, 6) is -0.101. The summed E-state index contributed by atoms with van der Waals surface area (Å²) in [4.78, 5) is 15.8. The van der Waals surface area contributed by atoms with Crippen molar-refractivity contribution in [2.75, 3.05) is 12.4 Å². The van der Waals surface area contributed by atoms with Crippen molar-refractivity contribution in [1.82, 2.24) is 4.98 Å². The number of carbonyl (C=O) groups is 1. The molecule has 1 aromatic carbocycles. The third kappa shape index (κ3) is 3.78. The summed E-state index contributed by atoms with van der Waals surface area (Å²) < 4.78 is 18.7. The van der Waals surface area contributed by atoms with Gasteiger partial charge in [-0.05, 0) is 42.8 Å². The number of aromatic nitrogens is 1. The minimum absolute atomic E-state index is 0.292. The molecule has 0 unspecified atom stereocenters. The third-order valence-corrected chi connectivity index (χ3v) is 3.73. The molecule has 1 aromatic heterocycles. The molecule has 0 aliphatic rings. The summed E-state index contributed by atoms with van der Waals surface area (Å²) in [6.45, 7) is 2.15. The summed E-state index contributed by atoms with van der Waals surface area (Å²) in [6, 6.07) is 7.84. The van der Waals surface area contributed by atoms with Gasteiger partial charge in [0.2, 0.25) is 0 Å². The van der Waals surface area contributed by atoms with Gasteiger partial charge in [-0.1, -0.05) is 15.9 Å². The van der Waals surface area contributed by atoms with Crippen LogP contribution in [0.1, 0.15) is 21.6 Å². The fraction of sp³-hybridized carbons (Fsp3) is 0.200. The first-order valence-corrected chi connectivity index (χ1v) is 7.04. The van der Waals surface area contributed by atoms with Gasteiger partial charge in [0.25, 0.3) is 0 Å². The molecule has 0 bridgehead atoms. The molecule has 21 heavy (non-hydrogen) atoms. The number of carbonyl (C=O) groups excluding carboxylic acids is 1. The number of nitrogens with zero attached hydrogens (tertiary/aromatic N) is 1. The highest BCUT2D eigenvalue weighted by atomic mass is 79.9. The van der Waals surface area contributed by atoms with Crippen LogP contribution in [0.2, 0.25) is 0 Å². The topological polar surface area (TPSA) is 51.2 Å². The number of rotatable bonds is 4. The zero-order chi connectivity index (χ0) is 15.4. The van der Waals surface area contributed by atoms with E-state index in [1.54, 1.807) is 25.1 Å². The van der Waals surface area contributed by atoms with E-state index in [9.17, 15) is 9.18 Å². The highest BCUT2D eigenvalue weighted by Gasteiger charge is 2.10. The molecule has 110 valence electrons. The number of pyridine rings is 1. The summed E-state index contributed by atoms with van der Waals surface area (Å²) in [5, 5.41) is 3.09. The Balaban J connectivity index is 2.12. The predicted molar refractivity (Wildman–Crippen MR) is 81.7 cm³/mol. The van der Waals surface area contributed by atoms with E-state index in [0.717, 1.165) is 10.0 Å². The first kappa shape index (κ1) is 15.4. The fourth-order valence-electron chi connectivity index (χ4n) is 1.85. The van der Waals surface area contributed by atoms with Crippen molar-refractivity contribution in [2.24, 2.45) is 0 Å². The van der Waals surface area contributed by atoms with E-state index in [-0.39, 0.29) is 5.82 Å². The first-order valence-electron chi connectivity index (χ1n) is 6.25. The second-order valence-electron chi connectivity index (χ2n) is 4.41. The molecule has 0 aliphatic carbocycles. The van der Waals surface area contributed by atoms with E-state index < -0.39 is 5.97 Å². The second kappa shape index (κ2) is 6.67. The lowest BCUT2D eigenvalue weighted by Crippen LogP contribution is -2.08. The average Bonchev–Trinajstić information content (AvgIpc) is 2.47. The van der Waals surface area contributed by atoms with Gasteiger partial charge in [0.1, 0.15) is 11.6 Å². The van der Waals surface area contributed by atoms with Crippen molar-refractivity contribution < 1.29 is 13.9 Å². The minimum Gasteiger partial charge on any atom is -0.465 e. The number of ether oxygens (including phenoxy) is 1. The molecular weight excluding hydrogens is 339 g/mol. The molecule has 0 fully saturated rings. The molecule has 0 saturated carbocycles. The quantitative estimate of drug-likeness (QED) is 0.852. The van der Waals surface area contributed by atoms with Crippen LogP contribution in [0.15, 0.2) is 34.8 Å². The minimum atomic E-state index is -0.417. The van der Waals surface area contributed by atoms with Crippen LogP contribution in [0.3, 0.4) is 0 Å². The molecule has 2 rings (SSSR count). The standard InChI is InChI=1S/C15H14BrFN2O2/c1-9-12(15(20)21-2)4-6-14(19-9)18-8-10-7-11(17)3-5-13(10)16/h3-7H,8H2,1-2H3,(H,18,19). The highest BCUT2D eigenvalue weighted by molar-refractivity contribution is 9.10. The summed E-state index contributed by atoms with van der Waals surface area (Å²) in [5.41, 5.74) is 1.78. The van der Waals surface area contributed by atoms with Gasteiger partial charge in [0, 0.05) is 11.0 Å². The molecule has 1 heterocycles. The molecule has 0 radical (unpaired) electrons. The lowest BCUT2D eigenvalue weighted by molar-refractivity contribution is 0.0599. The lowest BCUT2D eigenvalue weighted by atomic mass is 10.2. The number of aryl methyl sites for hydroxylation is 1. The number of hydrogen-bond donors (Lipinski definition) is 1. The van der Waals surface area contributed by atoms with E-state index in [1.165, 1.54) is 19.2 Å². The highest BCUT2D eigenvalue weighted by Crippen LogP contribution is 2.19. The summed E-state index contributed by atoms with van der Waals surface area (Å²) >= 11 is 3.37. The van der Waals surface area contributed by atoms with Gasteiger partial charge in [-0.15, -0.1) is 0 Å². The number of halogens is 2. The maximum Gasteiger partial charge on any atom is 0.339 e. The third-order valence-electron chi connectivity index (χ3n) is 2.96. The van der Waals surface area contributed by atoms with Crippen LogP contribution in [-0.4, -0.2) is 18.1 Å². The van der Waals surface area contributed by atoms with Crippen LogP contribution >= 0.6 is 15.9 Å². The Kier molecular flexibility index (Phi) is 4.90. The zero-order valence-electron chi connectivity index (χ0n) is 11.6. The van der Waals surface area contributed by atoms with Crippen LogP contribution in [-0.2, 0) is 11.3 Å². The number of nitrogens with one attached hydrogen (secondary N) is 1. The Hall–Kier alpha value is -1.95. The van der Waals surface area contributed by atoms with Gasteiger partial charge in [-0.2, -0.15) is 0 Å². The molecular formula is C15H14BrFN2O2. The van der Waals surface area contributed by atoms with E-state index in [0.29, 0.717) is 23.6 Å². The maximum atomic E-state index is 13.2. The number of esters is 1. The summed E-state index contributed by atoms with van der Waals surface area (Å²) in [7, 11) is 1.33. The lowest BCUT2D eigenvalue weighted by Gasteiger charge is -2.10. The Morgan fingerprint density at radius 2 is 2.14 bits per heavy atom.